The third-order valence-electron chi connectivity index (χ3n) is 23.8. The van der Waals surface area contributed by atoms with Gasteiger partial charge >= 0.3 is 6.09 Å². The first-order valence-electron chi connectivity index (χ1n) is 47.4. The number of ether oxygens (including phenoxy) is 1. The summed E-state index contributed by atoms with van der Waals surface area (Å²) < 4.78 is 45.7. The molecule has 5 aromatic carbocycles. The summed E-state index contributed by atoms with van der Waals surface area (Å²) in [5, 5.41) is 80.8. The van der Waals surface area contributed by atoms with E-state index in [9.17, 15) is 9.59 Å². The number of nitrogens with zero attached hydrogens (tertiary/aromatic N) is 28. The van der Waals surface area contributed by atoms with Gasteiger partial charge in [0.2, 0.25) is 5.91 Å². The highest BCUT2D eigenvalue weighted by atomic mass is 16.5. The molecule has 22 aromatic rings. The molecule has 2 amide bonds. The first-order chi connectivity index (χ1) is 72.2. The number of carbonyl (C=O) groups excluding carboxylic acids is 2. The topological polar surface area (TPSA) is 721 Å². The van der Waals surface area contributed by atoms with Crippen LogP contribution in [0.3, 0.4) is 0 Å². The quantitative estimate of drug-likeness (QED) is 0.0280. The van der Waals surface area contributed by atoms with Crippen molar-refractivity contribution in [1.29, 1.82) is 5.41 Å². The Morgan fingerprint density at radius 2 is 0.753 bits per heavy atom. The van der Waals surface area contributed by atoms with Gasteiger partial charge in [-0.3, -0.25) is 15.5 Å². The third-order valence-corrected chi connectivity index (χ3v) is 23.8. The van der Waals surface area contributed by atoms with E-state index < -0.39 is 6.09 Å². The lowest BCUT2D eigenvalue weighted by Crippen LogP contribution is -2.17. The van der Waals surface area contributed by atoms with Crippen LogP contribution in [0.25, 0.3) is 173 Å². The maximum atomic E-state index is 11.4. The van der Waals surface area contributed by atoms with Gasteiger partial charge < -0.3 is 98.6 Å². The van der Waals surface area contributed by atoms with Gasteiger partial charge in [-0.1, -0.05) is 67.9 Å². The monoisotopic (exact) mass is 2030 g/mol. The smallest absolute Gasteiger partial charge is 0.412 e. The molecule has 0 spiro atoms. The van der Waals surface area contributed by atoms with Crippen molar-refractivity contribution >= 4 is 222 Å². The van der Waals surface area contributed by atoms with Crippen molar-refractivity contribution in [2.45, 2.75) is 145 Å². The third kappa shape index (κ3) is 19.9. The molecular weight excluding hydrogens is 1920 g/mol. The number of rotatable bonds is 22. The molecule has 1 aliphatic carbocycles. The second-order valence-corrected chi connectivity index (χ2v) is 36.2. The number of hydrogen-bond acceptors (Lipinski definition) is 44. The van der Waals surface area contributed by atoms with Crippen LogP contribution < -0.4 is 72.0 Å². The van der Waals surface area contributed by atoms with Crippen LogP contribution in [0.4, 0.5) is 80.4 Å². The summed E-state index contributed by atoms with van der Waals surface area (Å²) in [6.07, 6.45) is 15.6. The summed E-state index contributed by atoms with van der Waals surface area (Å²) >= 11 is 0. The molecule has 0 radical (unpaired) electrons. The number of benzene rings is 5. The van der Waals surface area contributed by atoms with Crippen molar-refractivity contribution in [1.82, 2.24) is 140 Å². The first kappa shape index (κ1) is 100. The number of nitrogens with one attached hydrogen (secondary N) is 7. The SMILES string of the molecule is C=Cc1onc(NC)c1/C=C/c1nn(C(C)C)c2ncnc(N)c12.CC(=O)Nc1noc2cc(-c3nn(C(C)C)c4ncnc(N)c34)ccc12.CC(C)n1nc(-c2ccc3c(N)noc3c2)c2c(N)ncnc21.CC(C)n1nc(-c2ccc3c(NC4CC4)noc3c2)c2c(N)ncnc21.CNc1noc2cc(-c3nn(C(C)C)c4ncnc(N)c34)ccc12.COC(=O)Nc1noc2cc(C(=N)c3c(N)ncnc3NC(C)C)ccc12. The van der Waals surface area contributed by atoms with E-state index in [1.165, 1.54) is 64.8 Å². The number of nitrogen functional groups attached to an aromatic ring is 7. The predicted molar refractivity (Wildman–Crippen MR) is 574 cm³/mol. The minimum Gasteiger partial charge on any atom is -0.453 e. The van der Waals surface area contributed by atoms with Crippen LogP contribution in [0.5, 0.6) is 0 Å². The lowest BCUT2D eigenvalue weighted by Gasteiger charge is -2.15. The summed E-state index contributed by atoms with van der Waals surface area (Å²) in [5.74, 6) is 6.16. The molecule has 766 valence electrons. The van der Waals surface area contributed by atoms with Gasteiger partial charge in [0, 0.05) is 91.1 Å². The molecule has 1 aliphatic rings. The van der Waals surface area contributed by atoms with E-state index in [1.54, 1.807) is 38.4 Å². The van der Waals surface area contributed by atoms with E-state index in [-0.39, 0.29) is 59.5 Å². The van der Waals surface area contributed by atoms with Crippen LogP contribution in [0.2, 0.25) is 0 Å². The van der Waals surface area contributed by atoms with E-state index in [2.05, 4.69) is 163 Å². The van der Waals surface area contributed by atoms with Crippen LogP contribution in [0.15, 0.2) is 163 Å². The number of hydrogen-bond donors (Lipinski definition) is 14. The van der Waals surface area contributed by atoms with Crippen LogP contribution in [0, 0.1) is 5.41 Å². The summed E-state index contributed by atoms with van der Waals surface area (Å²) in [4.78, 5) is 73.0. The summed E-state index contributed by atoms with van der Waals surface area (Å²) in [7, 11) is 4.84. The largest absolute Gasteiger partial charge is 0.453 e. The van der Waals surface area contributed by atoms with Gasteiger partial charge in [-0.2, -0.15) is 25.5 Å². The zero-order valence-corrected chi connectivity index (χ0v) is 84.3. The highest BCUT2D eigenvalue weighted by Crippen LogP contribution is 2.42. The number of aromatic nitrogens is 28. The van der Waals surface area contributed by atoms with Gasteiger partial charge in [0.25, 0.3) is 0 Å². The molecule has 0 aliphatic heterocycles. The van der Waals surface area contributed by atoms with Crippen molar-refractivity contribution in [3.63, 3.8) is 0 Å². The van der Waals surface area contributed by atoms with Crippen molar-refractivity contribution in [3.8, 4) is 45.0 Å². The molecule has 0 bridgehead atoms. The number of carbonyl (C=O) groups is 2. The Balaban J connectivity index is 0.000000118. The molecule has 1 saturated carbocycles. The van der Waals surface area contributed by atoms with E-state index in [0.717, 1.165) is 94.0 Å². The number of fused-ring (bicyclic) bond motifs is 10. The molecule has 17 aromatic heterocycles. The summed E-state index contributed by atoms with van der Waals surface area (Å²) in [5.41, 5.74) is 57.5. The second kappa shape index (κ2) is 41.9. The first-order valence-corrected chi connectivity index (χ1v) is 47.4. The summed E-state index contributed by atoms with van der Waals surface area (Å²) in [6.45, 7) is 29.5. The number of methoxy groups -OCH3 is 1. The lowest BCUT2D eigenvalue weighted by atomic mass is 10.0. The molecule has 17 heterocycles. The highest BCUT2D eigenvalue weighted by Gasteiger charge is 2.30. The lowest BCUT2D eigenvalue weighted by molar-refractivity contribution is -0.114. The molecule has 0 unspecified atom stereocenters. The fourth-order valence-corrected chi connectivity index (χ4v) is 16.5. The maximum Gasteiger partial charge on any atom is 0.412 e. The molecule has 51 nitrogen and oxygen atoms in total. The zero-order chi connectivity index (χ0) is 106. The number of nitrogens with two attached hydrogens (primary N) is 7. The summed E-state index contributed by atoms with van der Waals surface area (Å²) in [6, 6.07) is 29.3. The normalized spacial score (nSPS) is 12.0. The Bertz CT molecular complexity index is 8900. The molecule has 1 fully saturated rings. The molecule has 51 heteroatoms. The van der Waals surface area contributed by atoms with Gasteiger partial charge in [0.15, 0.2) is 96.8 Å². The van der Waals surface area contributed by atoms with Gasteiger partial charge in [-0.15, -0.1) is 0 Å². The molecule has 0 atom stereocenters. The Kier molecular flexibility index (Phi) is 28.0. The van der Waals surface area contributed by atoms with Gasteiger partial charge in [0.05, 0.1) is 83.5 Å². The van der Waals surface area contributed by atoms with Crippen molar-refractivity contribution < 1.29 is 41.5 Å². The molecule has 23 rings (SSSR count). The van der Waals surface area contributed by atoms with Crippen LogP contribution >= 0.6 is 0 Å². The fourth-order valence-electron chi connectivity index (χ4n) is 16.5. The molecular formula is C99H106N42O9. The second-order valence-electron chi connectivity index (χ2n) is 36.2. The van der Waals surface area contributed by atoms with Crippen molar-refractivity contribution in [3.05, 3.63) is 164 Å². The number of amides is 2. The van der Waals surface area contributed by atoms with Crippen molar-refractivity contribution in [2.75, 3.05) is 93.2 Å². The Hall–Kier alpha value is -19.8. The van der Waals surface area contributed by atoms with E-state index in [4.69, 9.17) is 82.9 Å². The van der Waals surface area contributed by atoms with E-state index in [1.807, 2.05) is 178 Å². The number of anilines is 13. The van der Waals surface area contributed by atoms with E-state index >= 15 is 0 Å². The maximum absolute atomic E-state index is 11.4. The molecule has 0 saturated heterocycles. The Morgan fingerprint density at radius 3 is 1.17 bits per heavy atom. The Labute approximate surface area is 850 Å². The average Bonchev–Trinajstić information content (AvgIpc) is 1.62. The minimum atomic E-state index is -0.652. The van der Waals surface area contributed by atoms with Gasteiger partial charge in [-0.25, -0.2) is 88.0 Å². The van der Waals surface area contributed by atoms with Crippen LogP contribution in [-0.4, -0.2) is 191 Å². The van der Waals surface area contributed by atoms with Gasteiger partial charge in [-0.05, 0) is 175 Å². The van der Waals surface area contributed by atoms with Crippen molar-refractivity contribution in [2.24, 2.45) is 0 Å². The van der Waals surface area contributed by atoms with Gasteiger partial charge in [0.1, 0.15) is 101 Å². The van der Waals surface area contributed by atoms with E-state index in [0.29, 0.717) is 159 Å². The molecule has 150 heavy (non-hydrogen) atoms. The Morgan fingerprint density at radius 1 is 0.400 bits per heavy atom. The van der Waals surface area contributed by atoms with Crippen LogP contribution in [-0.2, 0) is 9.53 Å². The van der Waals surface area contributed by atoms with Crippen LogP contribution in [0.1, 0.15) is 161 Å². The molecule has 21 N–H and O–H groups in total. The fraction of sp³-hybridized carbons (Fsp3) is 0.253. The zero-order valence-electron chi connectivity index (χ0n) is 84.3. The predicted octanol–water partition coefficient (Wildman–Crippen LogP) is 16.8. The highest BCUT2D eigenvalue weighted by molar-refractivity contribution is 6.18. The minimum absolute atomic E-state index is 0.106. The average molecular weight is 2030 g/mol. The standard InChI is InChI=1S/C18H19N7O.C17H19N7O3.C17H17N7O2.C16H17N7O.C16H19N7O.C15H15N7O/c1-9(2)25-18-14(16(19)20-8-21-18)15(23-25)10-3-6-12-13(7-10)26-24-17(12)22-11-4-5-11;1-8(2)22-16-12(14(19)20-7-21-16)13(18)9-4-5-10-11(6-9)27-24-15(10)23-17(25)26-3;1-8(2)24-17-13(15(18)19-7-20-17)14(22-24)10-4-5-11-12(6-10)26-23-16(11)21-9(3)25;1-8(2)23-16-12(14(17)19-7-20-16)13(21-23)9-4-5-10-11(6-9)24-22-15(10)18-3;1-5-12-10(15(18-4)22-24-12)6-7-11-13-14(17)19-8-20-16(13)23(21-11)9(2)3;1-7(2)22-15-11(14(17)18-6-19-15)12(20-22)8-3-4-9-10(5-8)23-21-13(9)16/h3,6-9,11H,4-5H2,1-2H3,(H,22,24)(H2,19,20,21);4-8,18H,1-3H3,(H,23,24,25)(H3,19,20,21,22);4-8H,1-3H3,(H2,18,19,20)(H,21,23,25);4-8H,1-3H3,(H,18,22)(H2,17,19,20);5-9H,1H2,2-4H3,(H,18,22)(H2,17,19,20);3-7H,1-2H3,(H2,16,21)(H2,17,18,19)/b;;;;7-6+;.